The van der Waals surface area contributed by atoms with Gasteiger partial charge in [0, 0.05) is 30.6 Å². The molecule has 1 saturated heterocycles. The van der Waals surface area contributed by atoms with E-state index >= 15 is 0 Å². The highest BCUT2D eigenvalue weighted by molar-refractivity contribution is 5.97. The van der Waals surface area contributed by atoms with Gasteiger partial charge in [0.15, 0.2) is 0 Å². The Morgan fingerprint density at radius 2 is 2.03 bits per heavy atom. The predicted molar refractivity (Wildman–Crippen MR) is 111 cm³/mol. The van der Waals surface area contributed by atoms with E-state index in [0.29, 0.717) is 42.7 Å². The van der Waals surface area contributed by atoms with Crippen molar-refractivity contribution in [2.24, 2.45) is 5.92 Å². The van der Waals surface area contributed by atoms with Gasteiger partial charge in [-0.2, -0.15) is 0 Å². The number of amides is 2. The minimum Gasteiger partial charge on any atom is -0.492 e. The van der Waals surface area contributed by atoms with E-state index in [1.165, 1.54) is 0 Å². The van der Waals surface area contributed by atoms with Gasteiger partial charge in [0.1, 0.15) is 11.5 Å². The van der Waals surface area contributed by atoms with Gasteiger partial charge < -0.3 is 19.5 Å². The molecule has 2 aromatic rings. The first-order valence-corrected chi connectivity index (χ1v) is 10.7. The Morgan fingerprint density at radius 3 is 2.77 bits per heavy atom. The number of nitrogens with zero attached hydrogens (tertiary/aromatic N) is 2. The van der Waals surface area contributed by atoms with Crippen molar-refractivity contribution in [2.75, 3.05) is 19.7 Å². The van der Waals surface area contributed by atoms with Crippen LogP contribution < -0.4 is 10.1 Å². The summed E-state index contributed by atoms with van der Waals surface area (Å²) in [7, 11) is 0. The van der Waals surface area contributed by atoms with Gasteiger partial charge >= 0.3 is 0 Å². The first kappa shape index (κ1) is 20.4. The van der Waals surface area contributed by atoms with Gasteiger partial charge in [0.2, 0.25) is 5.91 Å². The number of aryl methyl sites for hydroxylation is 2. The molecule has 1 aromatic heterocycles. The fourth-order valence-electron chi connectivity index (χ4n) is 3.92. The summed E-state index contributed by atoms with van der Waals surface area (Å²) in [5, 5.41) is 6.95. The van der Waals surface area contributed by atoms with E-state index in [9.17, 15) is 9.59 Å². The van der Waals surface area contributed by atoms with E-state index in [4.69, 9.17) is 9.26 Å². The van der Waals surface area contributed by atoms with Crippen molar-refractivity contribution in [1.29, 1.82) is 0 Å². The van der Waals surface area contributed by atoms with Crippen molar-refractivity contribution < 1.29 is 18.8 Å². The molecule has 1 saturated carbocycles. The Labute approximate surface area is 176 Å². The standard InChI is InChI=1S/C23H29N3O4/c1-15-20(16(2)30-25-15)12-22(27)26-11-5-6-17(13-26)14-29-21-8-4-3-7-19(21)23(28)24-18-9-10-18/h3-4,7-8,17-18H,5-6,9-14H2,1-2H3,(H,24,28). The van der Waals surface area contributed by atoms with Gasteiger partial charge in [-0.1, -0.05) is 17.3 Å². The van der Waals surface area contributed by atoms with Crippen LogP contribution >= 0.6 is 0 Å². The highest BCUT2D eigenvalue weighted by atomic mass is 16.5. The molecule has 1 aliphatic heterocycles. The number of nitrogens with one attached hydrogen (secondary N) is 1. The number of benzene rings is 1. The molecule has 4 rings (SSSR count). The van der Waals surface area contributed by atoms with Crippen molar-refractivity contribution in [3.8, 4) is 5.75 Å². The lowest BCUT2D eigenvalue weighted by molar-refractivity contribution is -0.132. The summed E-state index contributed by atoms with van der Waals surface area (Å²) in [6.07, 6.45) is 4.37. The van der Waals surface area contributed by atoms with Crippen LogP contribution in [-0.2, 0) is 11.2 Å². The van der Waals surface area contributed by atoms with Gasteiger partial charge in [-0.3, -0.25) is 9.59 Å². The molecule has 2 heterocycles. The molecule has 0 radical (unpaired) electrons. The number of carbonyl (C=O) groups is 2. The number of ether oxygens (including phenoxy) is 1. The average Bonchev–Trinajstić information content (AvgIpc) is 3.52. The van der Waals surface area contributed by atoms with Crippen LogP contribution in [0.4, 0.5) is 0 Å². The summed E-state index contributed by atoms with van der Waals surface area (Å²) in [5.74, 6) is 1.58. The van der Waals surface area contributed by atoms with Crippen molar-refractivity contribution in [3.63, 3.8) is 0 Å². The number of carbonyl (C=O) groups excluding carboxylic acids is 2. The van der Waals surface area contributed by atoms with Crippen LogP contribution in [0.25, 0.3) is 0 Å². The van der Waals surface area contributed by atoms with Gasteiger partial charge in [-0.05, 0) is 51.7 Å². The fourth-order valence-corrected chi connectivity index (χ4v) is 3.92. The topological polar surface area (TPSA) is 84.7 Å². The molecule has 1 unspecified atom stereocenters. The number of aromatic nitrogens is 1. The first-order chi connectivity index (χ1) is 14.5. The summed E-state index contributed by atoms with van der Waals surface area (Å²) in [4.78, 5) is 27.2. The van der Waals surface area contributed by atoms with Crippen LogP contribution in [0, 0.1) is 19.8 Å². The summed E-state index contributed by atoms with van der Waals surface area (Å²) < 4.78 is 11.2. The Morgan fingerprint density at radius 1 is 1.23 bits per heavy atom. The quantitative estimate of drug-likeness (QED) is 0.757. The van der Waals surface area contributed by atoms with Crippen LogP contribution in [0.1, 0.15) is 53.1 Å². The fraction of sp³-hybridized carbons (Fsp3) is 0.522. The number of hydrogen-bond donors (Lipinski definition) is 1. The molecule has 7 nitrogen and oxygen atoms in total. The van der Waals surface area contributed by atoms with Crippen LogP contribution in [0.15, 0.2) is 28.8 Å². The molecule has 1 atom stereocenters. The maximum atomic E-state index is 12.8. The largest absolute Gasteiger partial charge is 0.492 e. The number of likely N-dealkylation sites (tertiary alicyclic amines) is 1. The highest BCUT2D eigenvalue weighted by Gasteiger charge is 2.27. The Kier molecular flexibility index (Phi) is 6.06. The molecule has 2 fully saturated rings. The summed E-state index contributed by atoms with van der Waals surface area (Å²) in [5.41, 5.74) is 2.24. The smallest absolute Gasteiger partial charge is 0.255 e. The molecule has 2 amide bonds. The predicted octanol–water partition coefficient (Wildman–Crippen LogP) is 3.04. The maximum absolute atomic E-state index is 12.8. The minimum absolute atomic E-state index is 0.0759. The minimum atomic E-state index is -0.0759. The summed E-state index contributed by atoms with van der Waals surface area (Å²) in [6, 6.07) is 7.67. The molecule has 160 valence electrons. The SMILES string of the molecule is Cc1noc(C)c1CC(=O)N1CCCC(COc2ccccc2C(=O)NC2CC2)C1. The van der Waals surface area contributed by atoms with Gasteiger partial charge in [0.05, 0.1) is 24.3 Å². The number of para-hydroxylation sites is 1. The molecule has 1 aliphatic carbocycles. The summed E-state index contributed by atoms with van der Waals surface area (Å²) in [6.45, 7) is 5.62. The van der Waals surface area contributed by atoms with Crippen molar-refractivity contribution in [1.82, 2.24) is 15.4 Å². The van der Waals surface area contributed by atoms with Crippen LogP contribution in [0.5, 0.6) is 5.75 Å². The lowest BCUT2D eigenvalue weighted by Crippen LogP contribution is -2.42. The molecule has 2 aliphatic rings. The Balaban J connectivity index is 1.33. The number of hydrogen-bond acceptors (Lipinski definition) is 5. The highest BCUT2D eigenvalue weighted by Crippen LogP contribution is 2.25. The molecular weight excluding hydrogens is 382 g/mol. The molecule has 0 bridgehead atoms. The van der Waals surface area contributed by atoms with E-state index in [-0.39, 0.29) is 17.7 Å². The second-order valence-electron chi connectivity index (χ2n) is 8.38. The zero-order valence-corrected chi connectivity index (χ0v) is 17.6. The molecule has 1 N–H and O–H groups in total. The first-order valence-electron chi connectivity index (χ1n) is 10.7. The summed E-state index contributed by atoms with van der Waals surface area (Å²) >= 11 is 0. The zero-order chi connectivity index (χ0) is 21.1. The van der Waals surface area contributed by atoms with Gasteiger partial charge in [0.25, 0.3) is 5.91 Å². The maximum Gasteiger partial charge on any atom is 0.255 e. The molecular formula is C23H29N3O4. The van der Waals surface area contributed by atoms with Crippen LogP contribution in [-0.4, -0.2) is 47.6 Å². The monoisotopic (exact) mass is 411 g/mol. The number of rotatable bonds is 7. The Bertz CT molecular complexity index is 899. The van der Waals surface area contributed by atoms with Gasteiger partial charge in [-0.25, -0.2) is 0 Å². The lowest BCUT2D eigenvalue weighted by atomic mass is 9.98. The third-order valence-corrected chi connectivity index (χ3v) is 5.90. The third-order valence-electron chi connectivity index (χ3n) is 5.90. The third kappa shape index (κ3) is 4.83. The molecule has 0 spiro atoms. The van der Waals surface area contributed by atoms with E-state index in [1.807, 2.05) is 36.9 Å². The van der Waals surface area contributed by atoms with Crippen molar-refractivity contribution >= 4 is 11.8 Å². The molecule has 7 heteroatoms. The normalized spacial score (nSPS) is 18.9. The second kappa shape index (κ2) is 8.90. The van der Waals surface area contributed by atoms with Crippen LogP contribution in [0.3, 0.4) is 0 Å². The van der Waals surface area contributed by atoms with Crippen molar-refractivity contribution in [3.05, 3.63) is 46.8 Å². The Hall–Kier alpha value is -2.83. The van der Waals surface area contributed by atoms with Crippen molar-refractivity contribution in [2.45, 2.75) is 52.0 Å². The molecule has 30 heavy (non-hydrogen) atoms. The van der Waals surface area contributed by atoms with E-state index in [2.05, 4.69) is 10.5 Å². The average molecular weight is 412 g/mol. The van der Waals surface area contributed by atoms with E-state index < -0.39 is 0 Å². The van der Waals surface area contributed by atoms with Crippen LogP contribution in [0.2, 0.25) is 0 Å². The molecule has 1 aromatic carbocycles. The zero-order valence-electron chi connectivity index (χ0n) is 17.6. The van der Waals surface area contributed by atoms with Gasteiger partial charge in [-0.15, -0.1) is 0 Å². The number of piperidine rings is 1. The van der Waals surface area contributed by atoms with E-state index in [0.717, 1.165) is 43.5 Å². The lowest BCUT2D eigenvalue weighted by Gasteiger charge is -2.33. The van der Waals surface area contributed by atoms with E-state index in [1.54, 1.807) is 6.07 Å². The second-order valence-corrected chi connectivity index (χ2v) is 8.38.